The molecule has 1 fully saturated rings. The van der Waals surface area contributed by atoms with E-state index in [1.165, 1.54) is 4.90 Å². The first-order chi connectivity index (χ1) is 12.0. The monoisotopic (exact) mass is 482 g/mol. The van der Waals surface area contributed by atoms with E-state index in [0.29, 0.717) is 57.4 Å². The van der Waals surface area contributed by atoms with Crippen LogP contribution in [0.3, 0.4) is 0 Å². The Morgan fingerprint density at radius 3 is 2.38 bits per heavy atom. The molecule has 1 saturated heterocycles. The number of rotatable bonds is 10. The molecule has 0 bridgehead atoms. The van der Waals surface area contributed by atoms with E-state index in [1.807, 2.05) is 13.8 Å². The number of ether oxygens (including phenoxy) is 1. The van der Waals surface area contributed by atoms with E-state index in [1.54, 1.807) is 0 Å². The maximum Gasteiger partial charge on any atom is 0.229 e. The van der Waals surface area contributed by atoms with Crippen LogP contribution in [0.2, 0.25) is 0 Å². The summed E-state index contributed by atoms with van der Waals surface area (Å²) in [6.07, 6.45) is 2.68. The maximum absolute atomic E-state index is 11.8. The Hall–Kier alpha value is -0.900. The van der Waals surface area contributed by atoms with Gasteiger partial charge in [-0.2, -0.15) is 0 Å². The fraction of sp³-hybridized carbons (Fsp3) is 0.833. The Bertz CT molecular complexity index is 442. The fourth-order valence-electron chi connectivity index (χ4n) is 2.80. The number of aliphatic imine (C=N–C) groups is 1. The first kappa shape index (κ1) is 25.1. The van der Waals surface area contributed by atoms with Gasteiger partial charge in [-0.25, -0.2) is 0 Å². The number of carbonyl (C=O) groups excluding carboxylic acids is 2. The van der Waals surface area contributed by atoms with Crippen molar-refractivity contribution in [2.75, 3.05) is 32.8 Å². The number of amides is 2. The van der Waals surface area contributed by atoms with Crippen LogP contribution in [-0.4, -0.2) is 61.6 Å². The molecule has 2 N–H and O–H groups in total. The van der Waals surface area contributed by atoms with Crippen molar-refractivity contribution in [2.24, 2.45) is 10.9 Å². The second-order valence-corrected chi connectivity index (χ2v) is 6.51. The van der Waals surface area contributed by atoms with E-state index >= 15 is 0 Å². The second-order valence-electron chi connectivity index (χ2n) is 6.51. The number of likely N-dealkylation sites (tertiary alicyclic amines) is 1. The van der Waals surface area contributed by atoms with Crippen molar-refractivity contribution in [1.29, 1.82) is 0 Å². The molecule has 1 aliphatic rings. The van der Waals surface area contributed by atoms with Gasteiger partial charge < -0.3 is 15.4 Å². The Kier molecular flexibility index (Phi) is 13.7. The third-order valence-corrected chi connectivity index (χ3v) is 4.16. The van der Waals surface area contributed by atoms with Crippen LogP contribution in [0, 0.1) is 5.92 Å². The zero-order valence-electron chi connectivity index (χ0n) is 16.5. The number of halogens is 1. The molecule has 0 aromatic rings. The molecule has 0 aromatic carbocycles. The number of carbonyl (C=O) groups is 2. The number of guanidine groups is 1. The molecule has 26 heavy (non-hydrogen) atoms. The molecule has 0 radical (unpaired) electrons. The Balaban J connectivity index is 0.00000625. The van der Waals surface area contributed by atoms with E-state index in [4.69, 9.17) is 4.74 Å². The summed E-state index contributed by atoms with van der Waals surface area (Å²) < 4.78 is 5.74. The van der Waals surface area contributed by atoms with Gasteiger partial charge in [0.05, 0.1) is 6.10 Å². The molecule has 1 aliphatic heterocycles. The normalized spacial score (nSPS) is 16.5. The van der Waals surface area contributed by atoms with E-state index in [9.17, 15) is 9.59 Å². The van der Waals surface area contributed by atoms with E-state index in [0.717, 1.165) is 13.0 Å². The lowest BCUT2D eigenvalue weighted by molar-refractivity contribution is -0.147. The van der Waals surface area contributed by atoms with Crippen LogP contribution in [0.1, 0.15) is 53.4 Å². The van der Waals surface area contributed by atoms with Gasteiger partial charge in [0.1, 0.15) is 0 Å². The maximum atomic E-state index is 11.8. The summed E-state index contributed by atoms with van der Waals surface area (Å²) in [5.74, 6) is 1.02. The molecular weight excluding hydrogens is 447 g/mol. The van der Waals surface area contributed by atoms with Crippen LogP contribution in [0.4, 0.5) is 0 Å². The van der Waals surface area contributed by atoms with Gasteiger partial charge in [0.25, 0.3) is 0 Å². The summed E-state index contributed by atoms with van der Waals surface area (Å²) in [4.78, 5) is 29.5. The molecule has 0 aromatic heterocycles. The molecule has 8 heteroatoms. The summed E-state index contributed by atoms with van der Waals surface area (Å²) in [5, 5.41) is 6.38. The summed E-state index contributed by atoms with van der Waals surface area (Å²) in [6, 6.07) is 0. The molecule has 152 valence electrons. The molecule has 0 aliphatic carbocycles. The SMILES string of the molecule is CCNC(=NCCC(OCC)C(C)C)NCCN1C(=O)CCCC1=O.I. The summed E-state index contributed by atoms with van der Waals surface area (Å²) in [6.45, 7) is 11.3. The Morgan fingerprint density at radius 2 is 1.85 bits per heavy atom. The van der Waals surface area contributed by atoms with Crippen molar-refractivity contribution in [2.45, 2.75) is 59.5 Å². The topological polar surface area (TPSA) is 83.0 Å². The van der Waals surface area contributed by atoms with Crippen LogP contribution < -0.4 is 10.6 Å². The summed E-state index contributed by atoms with van der Waals surface area (Å²) >= 11 is 0. The fourth-order valence-corrected chi connectivity index (χ4v) is 2.80. The molecule has 0 spiro atoms. The third kappa shape index (κ3) is 9.16. The van der Waals surface area contributed by atoms with Gasteiger partial charge >= 0.3 is 0 Å². The van der Waals surface area contributed by atoms with Crippen molar-refractivity contribution in [3.05, 3.63) is 0 Å². The number of hydrogen-bond donors (Lipinski definition) is 2. The van der Waals surface area contributed by atoms with Gasteiger partial charge in [0.2, 0.25) is 11.8 Å². The van der Waals surface area contributed by atoms with Crippen LogP contribution in [0.25, 0.3) is 0 Å². The standard InChI is InChI=1S/C18H34N4O3.HI/c1-5-19-18(20-11-10-15(14(3)4)25-6-2)21-12-13-22-16(23)8-7-9-17(22)24;/h14-15H,5-13H2,1-4H3,(H2,19,20,21);1H. The highest BCUT2D eigenvalue weighted by Crippen LogP contribution is 2.12. The first-order valence-corrected chi connectivity index (χ1v) is 9.46. The largest absolute Gasteiger partial charge is 0.378 e. The minimum atomic E-state index is -0.0727. The minimum Gasteiger partial charge on any atom is -0.378 e. The Labute approximate surface area is 174 Å². The van der Waals surface area contributed by atoms with Crippen molar-refractivity contribution < 1.29 is 14.3 Å². The zero-order chi connectivity index (χ0) is 18.7. The third-order valence-electron chi connectivity index (χ3n) is 4.16. The summed E-state index contributed by atoms with van der Waals surface area (Å²) in [5.41, 5.74) is 0. The molecule has 1 heterocycles. The van der Waals surface area contributed by atoms with Gasteiger partial charge in [-0.1, -0.05) is 13.8 Å². The van der Waals surface area contributed by atoms with E-state index in [2.05, 4.69) is 29.5 Å². The average molecular weight is 482 g/mol. The van der Waals surface area contributed by atoms with Crippen molar-refractivity contribution >= 4 is 41.8 Å². The van der Waals surface area contributed by atoms with E-state index < -0.39 is 0 Å². The molecular formula is C18H35IN4O3. The lowest BCUT2D eigenvalue weighted by Crippen LogP contribution is -2.46. The minimum absolute atomic E-state index is 0. The summed E-state index contributed by atoms with van der Waals surface area (Å²) in [7, 11) is 0. The second kappa shape index (κ2) is 14.2. The van der Waals surface area contributed by atoms with Crippen LogP contribution >= 0.6 is 24.0 Å². The molecule has 1 unspecified atom stereocenters. The van der Waals surface area contributed by atoms with Crippen LogP contribution in [0.15, 0.2) is 4.99 Å². The van der Waals surface area contributed by atoms with Crippen molar-refractivity contribution in [3.8, 4) is 0 Å². The highest BCUT2D eigenvalue weighted by Gasteiger charge is 2.25. The number of hydrogen-bond acceptors (Lipinski definition) is 4. The smallest absolute Gasteiger partial charge is 0.229 e. The first-order valence-electron chi connectivity index (χ1n) is 9.46. The average Bonchev–Trinajstić information content (AvgIpc) is 2.56. The van der Waals surface area contributed by atoms with Crippen molar-refractivity contribution in [3.63, 3.8) is 0 Å². The van der Waals surface area contributed by atoms with E-state index in [-0.39, 0.29) is 41.9 Å². The molecule has 0 saturated carbocycles. The van der Waals surface area contributed by atoms with Gasteiger partial charge in [0, 0.05) is 45.6 Å². The Morgan fingerprint density at radius 1 is 1.19 bits per heavy atom. The zero-order valence-corrected chi connectivity index (χ0v) is 18.9. The molecule has 2 amide bonds. The van der Waals surface area contributed by atoms with Gasteiger partial charge in [-0.3, -0.25) is 19.5 Å². The highest BCUT2D eigenvalue weighted by atomic mass is 127. The molecule has 7 nitrogen and oxygen atoms in total. The number of nitrogens with one attached hydrogen (secondary N) is 2. The van der Waals surface area contributed by atoms with Crippen molar-refractivity contribution in [1.82, 2.24) is 15.5 Å². The van der Waals surface area contributed by atoms with Gasteiger partial charge in [0.15, 0.2) is 5.96 Å². The highest BCUT2D eigenvalue weighted by molar-refractivity contribution is 14.0. The van der Waals surface area contributed by atoms with Crippen LogP contribution in [0.5, 0.6) is 0 Å². The predicted molar refractivity (Wildman–Crippen MR) is 115 cm³/mol. The molecule has 1 atom stereocenters. The van der Waals surface area contributed by atoms with Gasteiger partial charge in [-0.15, -0.1) is 24.0 Å². The molecule has 1 rings (SSSR count). The number of imide groups is 1. The van der Waals surface area contributed by atoms with Gasteiger partial charge in [-0.05, 0) is 32.6 Å². The lowest BCUT2D eigenvalue weighted by atomic mass is 10.0. The quantitative estimate of drug-likeness (QED) is 0.216. The number of nitrogens with zero attached hydrogens (tertiary/aromatic N) is 2. The lowest BCUT2D eigenvalue weighted by Gasteiger charge is -2.25. The van der Waals surface area contributed by atoms with Crippen LogP contribution in [-0.2, 0) is 14.3 Å². The number of piperidine rings is 1. The predicted octanol–water partition coefficient (Wildman–Crippen LogP) is 2.15.